The molecule has 72 valence electrons. The minimum Gasteiger partial charge on any atom is -0.359 e. The zero-order chi connectivity index (χ0) is 9.52. The maximum Gasteiger partial charge on any atom is 0.146 e. The van der Waals surface area contributed by atoms with Crippen LogP contribution >= 0.6 is 0 Å². The number of ether oxygens (including phenoxy) is 2. The van der Waals surface area contributed by atoms with E-state index in [0.717, 1.165) is 12.0 Å². The van der Waals surface area contributed by atoms with Crippen LogP contribution in [0.15, 0.2) is 24.3 Å². The first-order valence-corrected chi connectivity index (χ1v) is 4.14. The molecule has 1 aromatic carbocycles. The molecule has 3 heteroatoms. The van der Waals surface area contributed by atoms with Crippen LogP contribution < -0.4 is 0 Å². The van der Waals surface area contributed by atoms with Crippen molar-refractivity contribution >= 4 is 0 Å². The molecular formula is C10H13FO2. The zero-order valence-corrected chi connectivity index (χ0v) is 7.63. The lowest BCUT2D eigenvalue weighted by atomic mass is 10.2. The highest BCUT2D eigenvalue weighted by Gasteiger charge is 1.93. The molecule has 0 aliphatic carbocycles. The van der Waals surface area contributed by atoms with Crippen LogP contribution in [0.2, 0.25) is 0 Å². The maximum atomic E-state index is 12.5. The molecule has 0 N–H and O–H groups in total. The number of benzene rings is 1. The fourth-order valence-electron chi connectivity index (χ4n) is 0.983. The summed E-state index contributed by atoms with van der Waals surface area (Å²) in [4.78, 5) is 0. The van der Waals surface area contributed by atoms with Gasteiger partial charge in [-0.25, -0.2) is 4.39 Å². The quantitative estimate of drug-likeness (QED) is 0.514. The Labute approximate surface area is 77.3 Å². The highest BCUT2D eigenvalue weighted by Crippen LogP contribution is 2.03. The van der Waals surface area contributed by atoms with Gasteiger partial charge in [0.25, 0.3) is 0 Å². The first kappa shape index (κ1) is 10.2. The van der Waals surface area contributed by atoms with Gasteiger partial charge in [0.2, 0.25) is 0 Å². The summed E-state index contributed by atoms with van der Waals surface area (Å²) in [5, 5.41) is 0. The van der Waals surface area contributed by atoms with Crippen molar-refractivity contribution in [3.8, 4) is 0 Å². The van der Waals surface area contributed by atoms with E-state index in [4.69, 9.17) is 9.47 Å². The van der Waals surface area contributed by atoms with Crippen LogP contribution in [0.5, 0.6) is 0 Å². The third-order valence-corrected chi connectivity index (χ3v) is 1.65. The molecule has 0 unspecified atom stereocenters. The van der Waals surface area contributed by atoms with Crippen molar-refractivity contribution in [1.29, 1.82) is 0 Å². The topological polar surface area (TPSA) is 18.5 Å². The first-order valence-electron chi connectivity index (χ1n) is 4.14. The monoisotopic (exact) mass is 184 g/mol. The second kappa shape index (κ2) is 5.67. The summed E-state index contributed by atoms with van der Waals surface area (Å²) in [6.45, 7) is 0.903. The van der Waals surface area contributed by atoms with Gasteiger partial charge < -0.3 is 9.47 Å². The highest BCUT2D eigenvalue weighted by atomic mass is 19.1. The summed E-state index contributed by atoms with van der Waals surface area (Å²) in [7, 11) is 1.58. The molecule has 0 radical (unpaired) electrons. The van der Waals surface area contributed by atoms with E-state index >= 15 is 0 Å². The molecule has 2 nitrogen and oxygen atoms in total. The molecule has 0 amide bonds. The van der Waals surface area contributed by atoms with Crippen LogP contribution in [0.4, 0.5) is 4.39 Å². The molecule has 0 bridgehead atoms. The van der Waals surface area contributed by atoms with E-state index in [9.17, 15) is 4.39 Å². The van der Waals surface area contributed by atoms with E-state index < -0.39 is 0 Å². The van der Waals surface area contributed by atoms with E-state index in [-0.39, 0.29) is 5.82 Å². The molecular weight excluding hydrogens is 171 g/mol. The van der Waals surface area contributed by atoms with Crippen molar-refractivity contribution in [1.82, 2.24) is 0 Å². The van der Waals surface area contributed by atoms with E-state index in [1.54, 1.807) is 19.2 Å². The molecule has 0 atom stereocenters. The summed E-state index contributed by atoms with van der Waals surface area (Å²) in [6.07, 6.45) is 0.781. The highest BCUT2D eigenvalue weighted by molar-refractivity contribution is 5.15. The second-order valence-electron chi connectivity index (χ2n) is 2.69. The Morgan fingerprint density at radius 1 is 1.23 bits per heavy atom. The Kier molecular flexibility index (Phi) is 4.43. The van der Waals surface area contributed by atoms with E-state index in [1.807, 2.05) is 0 Å². The number of halogens is 1. The van der Waals surface area contributed by atoms with Crippen molar-refractivity contribution in [3.05, 3.63) is 35.6 Å². The van der Waals surface area contributed by atoms with Gasteiger partial charge in [0.05, 0.1) is 6.61 Å². The third-order valence-electron chi connectivity index (χ3n) is 1.65. The lowest BCUT2D eigenvalue weighted by molar-refractivity contribution is -0.0291. The lowest BCUT2D eigenvalue weighted by Crippen LogP contribution is -2.01. The Bertz CT molecular complexity index is 233. The number of hydrogen-bond acceptors (Lipinski definition) is 2. The summed E-state index contributed by atoms with van der Waals surface area (Å²) >= 11 is 0. The lowest BCUT2D eigenvalue weighted by Gasteiger charge is -2.02. The van der Waals surface area contributed by atoms with Gasteiger partial charge in [-0.2, -0.15) is 0 Å². The van der Waals surface area contributed by atoms with E-state index in [2.05, 4.69) is 0 Å². The van der Waals surface area contributed by atoms with Gasteiger partial charge in [-0.1, -0.05) is 12.1 Å². The molecule has 0 saturated heterocycles. The zero-order valence-electron chi connectivity index (χ0n) is 7.63. The van der Waals surface area contributed by atoms with Crippen molar-refractivity contribution < 1.29 is 13.9 Å². The molecule has 0 aromatic heterocycles. The van der Waals surface area contributed by atoms with Crippen molar-refractivity contribution in [3.63, 3.8) is 0 Å². The summed E-state index contributed by atoms with van der Waals surface area (Å²) < 4.78 is 22.3. The van der Waals surface area contributed by atoms with Crippen molar-refractivity contribution in [2.75, 3.05) is 20.5 Å². The smallest absolute Gasteiger partial charge is 0.146 e. The third kappa shape index (κ3) is 4.01. The Hall–Kier alpha value is -0.930. The van der Waals surface area contributed by atoms with Gasteiger partial charge in [-0.3, -0.25) is 0 Å². The van der Waals surface area contributed by atoms with Gasteiger partial charge in [0.1, 0.15) is 12.6 Å². The average molecular weight is 184 g/mol. The Morgan fingerprint density at radius 3 is 2.54 bits per heavy atom. The normalized spacial score (nSPS) is 10.3. The predicted molar refractivity (Wildman–Crippen MR) is 47.9 cm³/mol. The van der Waals surface area contributed by atoms with Crippen LogP contribution in [0.3, 0.4) is 0 Å². The van der Waals surface area contributed by atoms with Crippen LogP contribution in [0.1, 0.15) is 5.56 Å². The second-order valence-corrected chi connectivity index (χ2v) is 2.69. The molecule has 0 spiro atoms. The molecule has 13 heavy (non-hydrogen) atoms. The average Bonchev–Trinajstić information content (AvgIpc) is 2.15. The Balaban J connectivity index is 2.25. The largest absolute Gasteiger partial charge is 0.359 e. The number of rotatable bonds is 5. The summed E-state index contributed by atoms with van der Waals surface area (Å²) in [5.41, 5.74) is 1.07. The van der Waals surface area contributed by atoms with Crippen LogP contribution in [0, 0.1) is 5.82 Å². The first-order chi connectivity index (χ1) is 6.33. The van der Waals surface area contributed by atoms with Gasteiger partial charge in [0, 0.05) is 7.11 Å². The Morgan fingerprint density at radius 2 is 1.92 bits per heavy atom. The maximum absolute atomic E-state index is 12.5. The number of hydrogen-bond donors (Lipinski definition) is 0. The van der Waals surface area contributed by atoms with Crippen molar-refractivity contribution in [2.24, 2.45) is 0 Å². The molecule has 1 aromatic rings. The van der Waals surface area contributed by atoms with Crippen LogP contribution in [-0.4, -0.2) is 20.5 Å². The SMILES string of the molecule is COCOCCc1ccc(F)cc1. The molecule has 0 aliphatic rings. The summed E-state index contributed by atoms with van der Waals surface area (Å²) in [5.74, 6) is -0.207. The van der Waals surface area contributed by atoms with Crippen molar-refractivity contribution in [2.45, 2.75) is 6.42 Å². The standard InChI is InChI=1S/C10H13FO2/c1-12-8-13-7-6-9-2-4-10(11)5-3-9/h2-5H,6-8H2,1H3. The molecule has 0 aliphatic heterocycles. The van der Waals surface area contributed by atoms with Crippen LogP contribution in [-0.2, 0) is 15.9 Å². The molecule has 0 heterocycles. The van der Waals surface area contributed by atoms with Crippen LogP contribution in [0.25, 0.3) is 0 Å². The number of methoxy groups -OCH3 is 1. The van der Waals surface area contributed by atoms with Gasteiger partial charge in [-0.05, 0) is 24.1 Å². The minimum absolute atomic E-state index is 0.207. The van der Waals surface area contributed by atoms with E-state index in [0.29, 0.717) is 13.4 Å². The van der Waals surface area contributed by atoms with Gasteiger partial charge in [0.15, 0.2) is 0 Å². The van der Waals surface area contributed by atoms with Gasteiger partial charge in [-0.15, -0.1) is 0 Å². The van der Waals surface area contributed by atoms with E-state index in [1.165, 1.54) is 12.1 Å². The minimum atomic E-state index is -0.207. The fraction of sp³-hybridized carbons (Fsp3) is 0.400. The summed E-state index contributed by atoms with van der Waals surface area (Å²) in [6, 6.07) is 6.41. The predicted octanol–water partition coefficient (Wildman–Crippen LogP) is 1.99. The van der Waals surface area contributed by atoms with Gasteiger partial charge >= 0.3 is 0 Å². The molecule has 0 saturated carbocycles. The molecule has 1 rings (SSSR count). The fourth-order valence-corrected chi connectivity index (χ4v) is 0.983. The molecule has 0 fully saturated rings.